The van der Waals surface area contributed by atoms with Crippen molar-refractivity contribution in [3.05, 3.63) is 48.3 Å². The van der Waals surface area contributed by atoms with Gasteiger partial charge in [-0.2, -0.15) is 5.10 Å². The Morgan fingerprint density at radius 1 is 1.35 bits per heavy atom. The number of hydrogen-bond donors (Lipinski definition) is 1. The molecule has 0 aliphatic heterocycles. The van der Waals surface area contributed by atoms with Crippen LogP contribution < -0.4 is 10.6 Å². The van der Waals surface area contributed by atoms with E-state index in [1.807, 2.05) is 37.3 Å². The highest BCUT2D eigenvalue weighted by Crippen LogP contribution is 2.25. The van der Waals surface area contributed by atoms with Gasteiger partial charge in [0.1, 0.15) is 0 Å². The average Bonchev–Trinajstić information content (AvgIpc) is 2.98. The van der Waals surface area contributed by atoms with Crippen molar-refractivity contribution in [1.29, 1.82) is 0 Å². The van der Waals surface area contributed by atoms with Gasteiger partial charge in [-0.25, -0.2) is 9.50 Å². The van der Waals surface area contributed by atoms with Gasteiger partial charge in [0.05, 0.1) is 11.9 Å². The first kappa shape index (κ1) is 15.2. The summed E-state index contributed by atoms with van der Waals surface area (Å²) < 4.78 is 1.78. The van der Waals surface area contributed by atoms with E-state index in [1.165, 1.54) is 0 Å². The highest BCUT2D eigenvalue weighted by Gasteiger charge is 2.12. The van der Waals surface area contributed by atoms with E-state index in [1.54, 1.807) is 28.7 Å². The number of anilines is 1. The van der Waals surface area contributed by atoms with Gasteiger partial charge >= 0.3 is 0 Å². The first-order valence-corrected chi connectivity index (χ1v) is 7.56. The third-order valence-electron chi connectivity index (χ3n) is 3.84. The van der Waals surface area contributed by atoms with Gasteiger partial charge in [-0.15, -0.1) is 0 Å². The maximum Gasteiger partial charge on any atom is 0.223 e. The standard InChI is InChI=1S/C17H19N5O/c1-3-21(12(2)23)15-6-4-5-13(9-15)16-7-8-19-17-14(10-18)11-20-22(16)17/h4-9,11H,3,10,18H2,1-2H3. The molecule has 3 rings (SSSR count). The summed E-state index contributed by atoms with van der Waals surface area (Å²) in [7, 11) is 0. The predicted molar refractivity (Wildman–Crippen MR) is 90.0 cm³/mol. The van der Waals surface area contributed by atoms with E-state index in [0.717, 1.165) is 28.2 Å². The lowest BCUT2D eigenvalue weighted by molar-refractivity contribution is -0.116. The molecule has 0 aliphatic rings. The van der Waals surface area contributed by atoms with Crippen LogP contribution in [0.3, 0.4) is 0 Å². The zero-order chi connectivity index (χ0) is 16.4. The van der Waals surface area contributed by atoms with Gasteiger partial charge in [0, 0.05) is 43.0 Å². The topological polar surface area (TPSA) is 76.5 Å². The van der Waals surface area contributed by atoms with Crippen molar-refractivity contribution < 1.29 is 4.79 Å². The molecule has 0 fully saturated rings. The van der Waals surface area contributed by atoms with Crippen LogP contribution in [0.5, 0.6) is 0 Å². The molecular formula is C17H19N5O. The molecule has 0 unspecified atom stereocenters. The molecule has 0 saturated heterocycles. The lowest BCUT2D eigenvalue weighted by atomic mass is 10.1. The first-order valence-electron chi connectivity index (χ1n) is 7.56. The third-order valence-corrected chi connectivity index (χ3v) is 3.84. The molecule has 2 heterocycles. The smallest absolute Gasteiger partial charge is 0.223 e. The Kier molecular flexibility index (Phi) is 4.08. The van der Waals surface area contributed by atoms with Crippen molar-refractivity contribution in [2.24, 2.45) is 5.73 Å². The summed E-state index contributed by atoms with van der Waals surface area (Å²) in [5.74, 6) is 0.0223. The van der Waals surface area contributed by atoms with Crippen molar-refractivity contribution in [2.75, 3.05) is 11.4 Å². The number of hydrogen-bond acceptors (Lipinski definition) is 4. The zero-order valence-corrected chi connectivity index (χ0v) is 13.2. The molecule has 1 amide bonds. The van der Waals surface area contributed by atoms with Gasteiger partial charge < -0.3 is 10.6 Å². The average molecular weight is 309 g/mol. The number of rotatable bonds is 4. The molecule has 0 aliphatic carbocycles. The van der Waals surface area contributed by atoms with Crippen LogP contribution in [0.15, 0.2) is 42.7 Å². The molecule has 0 atom stereocenters. The van der Waals surface area contributed by atoms with E-state index in [9.17, 15) is 4.79 Å². The molecule has 0 radical (unpaired) electrons. The maximum atomic E-state index is 11.8. The fourth-order valence-corrected chi connectivity index (χ4v) is 2.72. The molecule has 6 nitrogen and oxygen atoms in total. The van der Waals surface area contributed by atoms with Crippen LogP contribution in [0.4, 0.5) is 5.69 Å². The minimum atomic E-state index is 0.0223. The molecule has 0 saturated carbocycles. The Balaban J connectivity index is 2.13. The predicted octanol–water partition coefficient (Wildman–Crippen LogP) is 2.23. The van der Waals surface area contributed by atoms with Gasteiger partial charge in [-0.05, 0) is 25.1 Å². The molecule has 2 aromatic heterocycles. The normalized spacial score (nSPS) is 10.9. The zero-order valence-electron chi connectivity index (χ0n) is 13.2. The summed E-state index contributed by atoms with van der Waals surface area (Å²) >= 11 is 0. The molecular weight excluding hydrogens is 290 g/mol. The molecule has 1 aromatic carbocycles. The minimum Gasteiger partial charge on any atom is -0.326 e. The summed E-state index contributed by atoms with van der Waals surface area (Å²) in [6.45, 7) is 4.55. The van der Waals surface area contributed by atoms with Crippen LogP contribution in [0, 0.1) is 0 Å². The van der Waals surface area contributed by atoms with E-state index in [4.69, 9.17) is 5.73 Å². The molecule has 3 aromatic rings. The van der Waals surface area contributed by atoms with Crippen molar-refractivity contribution in [3.8, 4) is 11.3 Å². The number of benzene rings is 1. The van der Waals surface area contributed by atoms with Crippen LogP contribution in [-0.4, -0.2) is 27.0 Å². The summed E-state index contributed by atoms with van der Waals surface area (Å²) in [6, 6.07) is 9.76. The molecule has 2 N–H and O–H groups in total. The Hall–Kier alpha value is -2.73. The van der Waals surface area contributed by atoms with E-state index in [0.29, 0.717) is 13.1 Å². The van der Waals surface area contributed by atoms with Crippen LogP contribution in [0.2, 0.25) is 0 Å². The number of nitrogens with zero attached hydrogens (tertiary/aromatic N) is 4. The van der Waals surface area contributed by atoms with Crippen molar-refractivity contribution in [1.82, 2.24) is 14.6 Å². The summed E-state index contributed by atoms with van der Waals surface area (Å²) in [6.07, 6.45) is 3.49. The highest BCUT2D eigenvalue weighted by molar-refractivity contribution is 5.92. The molecule has 6 heteroatoms. The first-order chi connectivity index (χ1) is 11.2. The highest BCUT2D eigenvalue weighted by atomic mass is 16.2. The van der Waals surface area contributed by atoms with E-state index >= 15 is 0 Å². The summed E-state index contributed by atoms with van der Waals surface area (Å²) in [5, 5.41) is 4.39. The second-order valence-corrected chi connectivity index (χ2v) is 5.25. The summed E-state index contributed by atoms with van der Waals surface area (Å²) in [5.41, 5.74) is 10.1. The van der Waals surface area contributed by atoms with Gasteiger partial charge in [-0.3, -0.25) is 4.79 Å². The third kappa shape index (κ3) is 2.68. The largest absolute Gasteiger partial charge is 0.326 e. The SMILES string of the molecule is CCN(C(C)=O)c1cccc(-c2ccnc3c(CN)cnn23)c1. The molecule has 0 bridgehead atoms. The quantitative estimate of drug-likeness (QED) is 0.802. The monoisotopic (exact) mass is 309 g/mol. The van der Waals surface area contributed by atoms with Gasteiger partial charge in [0.25, 0.3) is 0 Å². The number of fused-ring (bicyclic) bond motifs is 1. The fraction of sp³-hybridized carbons (Fsp3) is 0.235. The van der Waals surface area contributed by atoms with Crippen molar-refractivity contribution in [3.63, 3.8) is 0 Å². The van der Waals surface area contributed by atoms with Crippen LogP contribution in [-0.2, 0) is 11.3 Å². The van der Waals surface area contributed by atoms with Crippen LogP contribution >= 0.6 is 0 Å². The van der Waals surface area contributed by atoms with Gasteiger partial charge in [0.15, 0.2) is 5.65 Å². The number of nitrogens with two attached hydrogens (primary N) is 1. The van der Waals surface area contributed by atoms with E-state index in [-0.39, 0.29) is 5.91 Å². The number of amides is 1. The molecule has 0 spiro atoms. The maximum absolute atomic E-state index is 11.8. The Morgan fingerprint density at radius 3 is 2.87 bits per heavy atom. The second kappa shape index (κ2) is 6.18. The van der Waals surface area contributed by atoms with Crippen LogP contribution in [0.1, 0.15) is 19.4 Å². The molecule has 23 heavy (non-hydrogen) atoms. The summed E-state index contributed by atoms with van der Waals surface area (Å²) in [4.78, 5) is 17.9. The Bertz CT molecular complexity index is 855. The number of aromatic nitrogens is 3. The van der Waals surface area contributed by atoms with Gasteiger partial charge in [-0.1, -0.05) is 12.1 Å². The lowest BCUT2D eigenvalue weighted by Gasteiger charge is -2.19. The van der Waals surface area contributed by atoms with E-state index in [2.05, 4.69) is 10.1 Å². The Labute approximate surface area is 134 Å². The van der Waals surface area contributed by atoms with Crippen molar-refractivity contribution >= 4 is 17.2 Å². The van der Waals surface area contributed by atoms with E-state index < -0.39 is 0 Å². The lowest BCUT2D eigenvalue weighted by Crippen LogP contribution is -2.27. The van der Waals surface area contributed by atoms with Gasteiger partial charge in [0.2, 0.25) is 5.91 Å². The van der Waals surface area contributed by atoms with Crippen LogP contribution in [0.25, 0.3) is 16.9 Å². The van der Waals surface area contributed by atoms with Crippen molar-refractivity contribution in [2.45, 2.75) is 20.4 Å². The fourth-order valence-electron chi connectivity index (χ4n) is 2.72. The Morgan fingerprint density at radius 2 is 2.17 bits per heavy atom. The second-order valence-electron chi connectivity index (χ2n) is 5.25. The number of carbonyl (C=O) groups is 1. The number of carbonyl (C=O) groups excluding carboxylic acids is 1. The molecule has 118 valence electrons. The minimum absolute atomic E-state index is 0.0223.